The van der Waals surface area contributed by atoms with Crippen molar-refractivity contribution in [1.82, 2.24) is 10.2 Å². The SMILES string of the molecule is CC(NC(=S)C1CCN(C)CC1)[C@H](C)C(C)(N)C=N. The van der Waals surface area contributed by atoms with Crippen molar-refractivity contribution in [3.8, 4) is 0 Å². The third-order valence-electron chi connectivity index (χ3n) is 4.50. The van der Waals surface area contributed by atoms with Gasteiger partial charge in [-0.25, -0.2) is 0 Å². The van der Waals surface area contributed by atoms with E-state index in [1.807, 2.05) is 6.92 Å². The van der Waals surface area contributed by atoms with Crippen molar-refractivity contribution in [1.29, 1.82) is 5.41 Å². The van der Waals surface area contributed by atoms with Crippen LogP contribution in [0.15, 0.2) is 0 Å². The molecule has 4 N–H and O–H groups in total. The van der Waals surface area contributed by atoms with Crippen LogP contribution in [0.3, 0.4) is 0 Å². The van der Waals surface area contributed by atoms with Gasteiger partial charge >= 0.3 is 0 Å². The molecule has 0 radical (unpaired) electrons. The van der Waals surface area contributed by atoms with Gasteiger partial charge in [0.25, 0.3) is 0 Å². The van der Waals surface area contributed by atoms with Gasteiger partial charge in [-0.1, -0.05) is 19.1 Å². The molecule has 0 aromatic heterocycles. The van der Waals surface area contributed by atoms with Gasteiger partial charge in [-0.05, 0) is 52.7 Å². The molecule has 0 bridgehead atoms. The quantitative estimate of drug-likeness (QED) is 0.530. The summed E-state index contributed by atoms with van der Waals surface area (Å²) in [7, 11) is 2.15. The molecule has 3 atom stereocenters. The van der Waals surface area contributed by atoms with Gasteiger partial charge in [0.2, 0.25) is 0 Å². The van der Waals surface area contributed by atoms with Gasteiger partial charge < -0.3 is 21.4 Å². The Morgan fingerprint density at radius 1 is 1.47 bits per heavy atom. The molecule has 1 saturated heterocycles. The molecule has 0 spiro atoms. The van der Waals surface area contributed by atoms with Crippen LogP contribution in [0.5, 0.6) is 0 Å². The molecule has 0 amide bonds. The molecule has 1 rings (SSSR count). The van der Waals surface area contributed by atoms with Gasteiger partial charge in [0, 0.05) is 18.2 Å². The normalized spacial score (nSPS) is 24.3. The van der Waals surface area contributed by atoms with Crippen molar-refractivity contribution in [2.45, 2.75) is 45.2 Å². The lowest BCUT2D eigenvalue weighted by Gasteiger charge is -2.35. The lowest BCUT2D eigenvalue weighted by atomic mass is 9.83. The summed E-state index contributed by atoms with van der Waals surface area (Å²) in [6.07, 6.45) is 3.59. The summed E-state index contributed by atoms with van der Waals surface area (Å²) >= 11 is 5.54. The van der Waals surface area contributed by atoms with Crippen LogP contribution < -0.4 is 11.1 Å². The molecule has 1 heterocycles. The van der Waals surface area contributed by atoms with Crippen LogP contribution in [0.1, 0.15) is 33.6 Å². The van der Waals surface area contributed by atoms with E-state index >= 15 is 0 Å². The molecular weight excluding hydrogens is 256 g/mol. The molecular formula is C14H28N4S. The number of nitrogens with two attached hydrogens (primary N) is 1. The number of piperidine rings is 1. The number of nitrogens with zero attached hydrogens (tertiary/aromatic N) is 1. The standard InChI is InChI=1S/C14H28N4S/c1-10(14(3,16)9-15)11(2)17-13(19)12-5-7-18(4)8-6-12/h9-12,15H,5-8,16H2,1-4H3,(H,17,19)/t10-,11?,14?/m0/s1. The zero-order chi connectivity index (χ0) is 14.6. The van der Waals surface area contributed by atoms with E-state index in [0.29, 0.717) is 5.92 Å². The predicted octanol–water partition coefficient (Wildman–Crippen LogP) is 1.64. The molecule has 5 heteroatoms. The highest BCUT2D eigenvalue weighted by Crippen LogP contribution is 2.20. The Balaban J connectivity index is 2.50. The fraction of sp³-hybridized carbons (Fsp3) is 0.857. The first-order chi connectivity index (χ1) is 8.77. The minimum absolute atomic E-state index is 0.161. The summed E-state index contributed by atoms with van der Waals surface area (Å²) in [6, 6.07) is 0.184. The second-order valence-electron chi connectivity index (χ2n) is 6.17. The van der Waals surface area contributed by atoms with E-state index in [2.05, 4.69) is 31.1 Å². The maximum Gasteiger partial charge on any atom is 0.0787 e. The second kappa shape index (κ2) is 6.77. The van der Waals surface area contributed by atoms with E-state index in [1.165, 1.54) is 6.21 Å². The van der Waals surface area contributed by atoms with Crippen molar-refractivity contribution in [2.75, 3.05) is 20.1 Å². The number of thiocarbonyl (C=S) groups is 1. The minimum atomic E-state index is -0.588. The third-order valence-corrected chi connectivity index (χ3v) is 4.95. The molecule has 1 aliphatic heterocycles. The van der Waals surface area contributed by atoms with Crippen LogP contribution >= 0.6 is 12.2 Å². The topological polar surface area (TPSA) is 65.1 Å². The molecule has 0 saturated carbocycles. The van der Waals surface area contributed by atoms with Crippen LogP contribution in [0, 0.1) is 17.2 Å². The zero-order valence-electron chi connectivity index (χ0n) is 12.6. The fourth-order valence-electron chi connectivity index (χ4n) is 2.41. The van der Waals surface area contributed by atoms with Crippen LogP contribution in [-0.4, -0.2) is 47.8 Å². The minimum Gasteiger partial charge on any atom is -0.377 e. The molecule has 0 aromatic rings. The predicted molar refractivity (Wildman–Crippen MR) is 86.0 cm³/mol. The van der Waals surface area contributed by atoms with E-state index in [9.17, 15) is 0 Å². The van der Waals surface area contributed by atoms with Crippen molar-refractivity contribution in [2.24, 2.45) is 17.6 Å². The summed E-state index contributed by atoms with van der Waals surface area (Å²) in [4.78, 5) is 3.31. The zero-order valence-corrected chi connectivity index (χ0v) is 13.4. The Hall–Kier alpha value is -0.520. The summed E-state index contributed by atoms with van der Waals surface area (Å²) in [5.41, 5.74) is 5.51. The Bertz CT molecular complexity index is 321. The first kappa shape index (κ1) is 16.5. The second-order valence-corrected chi connectivity index (χ2v) is 6.61. The first-order valence-corrected chi connectivity index (χ1v) is 7.48. The summed E-state index contributed by atoms with van der Waals surface area (Å²) in [5, 5.41) is 10.8. The average molecular weight is 284 g/mol. The van der Waals surface area contributed by atoms with Crippen LogP contribution in [-0.2, 0) is 0 Å². The van der Waals surface area contributed by atoms with E-state index < -0.39 is 5.54 Å². The van der Waals surface area contributed by atoms with Gasteiger partial charge in [-0.15, -0.1) is 0 Å². The maximum absolute atomic E-state index is 7.41. The maximum atomic E-state index is 7.41. The van der Waals surface area contributed by atoms with Crippen molar-refractivity contribution >= 4 is 23.4 Å². The lowest BCUT2D eigenvalue weighted by molar-refractivity contribution is 0.249. The summed E-state index contributed by atoms with van der Waals surface area (Å²) < 4.78 is 0. The Kier molecular flexibility index (Phi) is 5.89. The smallest absolute Gasteiger partial charge is 0.0787 e. The molecule has 2 unspecified atom stereocenters. The van der Waals surface area contributed by atoms with Gasteiger partial charge in [0.05, 0.1) is 10.5 Å². The van der Waals surface area contributed by atoms with Gasteiger partial charge in [0.15, 0.2) is 0 Å². The molecule has 0 aliphatic carbocycles. The third kappa shape index (κ3) is 4.51. The fourth-order valence-corrected chi connectivity index (χ4v) is 2.83. The monoisotopic (exact) mass is 284 g/mol. The summed E-state index contributed by atoms with van der Waals surface area (Å²) in [6.45, 7) is 8.29. The van der Waals surface area contributed by atoms with E-state index in [4.69, 9.17) is 23.4 Å². The highest BCUT2D eigenvalue weighted by atomic mass is 32.1. The number of hydrogen-bond donors (Lipinski definition) is 3. The van der Waals surface area contributed by atoms with Gasteiger partial charge in [-0.2, -0.15) is 0 Å². The van der Waals surface area contributed by atoms with E-state index in [1.54, 1.807) is 0 Å². The molecule has 1 fully saturated rings. The lowest BCUT2D eigenvalue weighted by Crippen LogP contribution is -2.54. The number of nitrogens with one attached hydrogen (secondary N) is 2. The number of hydrogen-bond acceptors (Lipinski definition) is 4. The van der Waals surface area contributed by atoms with E-state index in [0.717, 1.165) is 30.9 Å². The molecule has 110 valence electrons. The highest BCUT2D eigenvalue weighted by molar-refractivity contribution is 7.80. The molecule has 19 heavy (non-hydrogen) atoms. The Morgan fingerprint density at radius 2 is 2.00 bits per heavy atom. The first-order valence-electron chi connectivity index (χ1n) is 7.07. The van der Waals surface area contributed by atoms with Crippen LogP contribution in [0.2, 0.25) is 0 Å². The highest BCUT2D eigenvalue weighted by Gasteiger charge is 2.30. The number of rotatable bonds is 5. The molecule has 1 aliphatic rings. The molecule has 0 aromatic carbocycles. The Morgan fingerprint density at radius 3 is 2.47 bits per heavy atom. The summed E-state index contributed by atoms with van der Waals surface area (Å²) in [5.74, 6) is 0.652. The van der Waals surface area contributed by atoms with Crippen molar-refractivity contribution in [3.05, 3.63) is 0 Å². The number of likely N-dealkylation sites (tertiary alicyclic amines) is 1. The van der Waals surface area contributed by atoms with Crippen molar-refractivity contribution < 1.29 is 0 Å². The van der Waals surface area contributed by atoms with Crippen molar-refractivity contribution in [3.63, 3.8) is 0 Å². The Labute approximate surface area is 122 Å². The van der Waals surface area contributed by atoms with Gasteiger partial charge in [0.1, 0.15) is 0 Å². The largest absolute Gasteiger partial charge is 0.377 e. The van der Waals surface area contributed by atoms with Crippen LogP contribution in [0.25, 0.3) is 0 Å². The van der Waals surface area contributed by atoms with Crippen LogP contribution in [0.4, 0.5) is 0 Å². The molecule has 4 nitrogen and oxygen atoms in total. The average Bonchev–Trinajstić information content (AvgIpc) is 2.38. The van der Waals surface area contributed by atoms with E-state index in [-0.39, 0.29) is 12.0 Å². The van der Waals surface area contributed by atoms with Gasteiger partial charge in [-0.3, -0.25) is 0 Å².